The van der Waals surface area contributed by atoms with Gasteiger partial charge in [0.2, 0.25) is 5.78 Å². The molecule has 0 radical (unpaired) electrons. The predicted molar refractivity (Wildman–Crippen MR) is 89.9 cm³/mol. The standard InChI is InChI=1S/C18H16O8/c1-24-11-6-4-5-10(18(22)23)14(11)16(19)15-12(25-2)7-9(17(20)21)8-13(15)26-3/h4-8H,1-3H3,(H,20,21)(H,22,23). The van der Waals surface area contributed by atoms with Gasteiger partial charge in [-0.15, -0.1) is 0 Å². The van der Waals surface area contributed by atoms with E-state index < -0.39 is 17.7 Å². The Morgan fingerprint density at radius 1 is 0.769 bits per heavy atom. The van der Waals surface area contributed by atoms with Crippen molar-refractivity contribution in [1.82, 2.24) is 0 Å². The fourth-order valence-corrected chi connectivity index (χ4v) is 2.50. The molecule has 0 aliphatic heterocycles. The lowest BCUT2D eigenvalue weighted by Crippen LogP contribution is -2.14. The van der Waals surface area contributed by atoms with Crippen molar-refractivity contribution in [2.45, 2.75) is 0 Å². The Morgan fingerprint density at radius 3 is 1.73 bits per heavy atom. The van der Waals surface area contributed by atoms with Gasteiger partial charge in [-0.3, -0.25) is 4.79 Å². The number of carboxylic acid groups (broad SMARTS) is 2. The maximum absolute atomic E-state index is 13.1. The Kier molecular flexibility index (Phi) is 5.46. The number of rotatable bonds is 7. The van der Waals surface area contributed by atoms with E-state index in [1.54, 1.807) is 0 Å². The molecule has 0 aromatic heterocycles. The fraction of sp³-hybridized carbons (Fsp3) is 0.167. The third kappa shape index (κ3) is 3.30. The van der Waals surface area contributed by atoms with Crippen LogP contribution in [0.4, 0.5) is 0 Å². The largest absolute Gasteiger partial charge is 0.496 e. The van der Waals surface area contributed by atoms with Gasteiger partial charge in [-0.2, -0.15) is 0 Å². The molecule has 8 nitrogen and oxygen atoms in total. The number of hydrogen-bond donors (Lipinski definition) is 2. The minimum atomic E-state index is -1.31. The van der Waals surface area contributed by atoms with E-state index in [1.165, 1.54) is 39.5 Å². The van der Waals surface area contributed by atoms with Gasteiger partial charge in [-0.1, -0.05) is 6.07 Å². The fourth-order valence-electron chi connectivity index (χ4n) is 2.50. The number of methoxy groups -OCH3 is 3. The Hall–Kier alpha value is -3.55. The molecule has 0 saturated carbocycles. The molecule has 2 N–H and O–H groups in total. The van der Waals surface area contributed by atoms with Crippen LogP contribution in [-0.2, 0) is 0 Å². The Morgan fingerprint density at radius 2 is 1.31 bits per heavy atom. The molecule has 0 heterocycles. The zero-order valence-corrected chi connectivity index (χ0v) is 14.2. The highest BCUT2D eigenvalue weighted by Gasteiger charge is 2.28. The number of benzene rings is 2. The van der Waals surface area contributed by atoms with Gasteiger partial charge < -0.3 is 24.4 Å². The Balaban J connectivity index is 2.79. The number of ether oxygens (including phenoxy) is 3. The zero-order valence-electron chi connectivity index (χ0n) is 14.2. The molecular weight excluding hydrogens is 344 g/mol. The minimum Gasteiger partial charge on any atom is -0.496 e. The van der Waals surface area contributed by atoms with Crippen molar-refractivity contribution >= 4 is 17.7 Å². The highest BCUT2D eigenvalue weighted by atomic mass is 16.5. The van der Waals surface area contributed by atoms with E-state index in [-0.39, 0.29) is 39.5 Å². The third-order valence-corrected chi connectivity index (χ3v) is 3.68. The van der Waals surface area contributed by atoms with Crippen molar-refractivity contribution in [3.05, 3.63) is 52.6 Å². The number of carbonyl (C=O) groups is 3. The molecule has 2 aromatic carbocycles. The molecule has 0 unspecified atom stereocenters. The molecule has 0 atom stereocenters. The summed E-state index contributed by atoms with van der Waals surface area (Å²) < 4.78 is 15.4. The third-order valence-electron chi connectivity index (χ3n) is 3.68. The lowest BCUT2D eigenvalue weighted by molar-refractivity contribution is 0.0684. The summed E-state index contributed by atoms with van der Waals surface area (Å²) in [5, 5.41) is 18.6. The molecule has 136 valence electrons. The highest BCUT2D eigenvalue weighted by molar-refractivity contribution is 6.18. The van der Waals surface area contributed by atoms with E-state index in [0.717, 1.165) is 12.1 Å². The molecule has 0 spiro atoms. The van der Waals surface area contributed by atoms with Crippen LogP contribution in [-0.4, -0.2) is 49.3 Å². The quantitative estimate of drug-likeness (QED) is 0.722. The van der Waals surface area contributed by atoms with E-state index in [4.69, 9.17) is 14.2 Å². The first-order valence-electron chi connectivity index (χ1n) is 7.30. The summed E-state index contributed by atoms with van der Waals surface area (Å²) in [4.78, 5) is 35.9. The monoisotopic (exact) mass is 360 g/mol. The van der Waals surface area contributed by atoms with Gasteiger partial charge >= 0.3 is 11.9 Å². The molecule has 26 heavy (non-hydrogen) atoms. The summed E-state index contributed by atoms with van der Waals surface area (Å²) in [5.74, 6) is -3.34. The van der Waals surface area contributed by atoms with Crippen LogP contribution in [0.3, 0.4) is 0 Å². The smallest absolute Gasteiger partial charge is 0.336 e. The van der Waals surface area contributed by atoms with Crippen LogP contribution in [0.15, 0.2) is 30.3 Å². The normalized spacial score (nSPS) is 10.1. The molecule has 0 saturated heterocycles. The summed E-state index contributed by atoms with van der Waals surface area (Å²) in [5.41, 5.74) is -0.705. The van der Waals surface area contributed by atoms with E-state index in [1.807, 2.05) is 0 Å². The summed E-state index contributed by atoms with van der Waals surface area (Å²) in [7, 11) is 3.83. The zero-order chi connectivity index (χ0) is 19.4. The van der Waals surface area contributed by atoms with Crippen LogP contribution in [0.25, 0.3) is 0 Å². The summed E-state index contributed by atoms with van der Waals surface area (Å²) in [6.07, 6.45) is 0. The highest BCUT2D eigenvalue weighted by Crippen LogP contribution is 2.36. The SMILES string of the molecule is COc1cc(C(=O)O)cc(OC)c1C(=O)c1c(OC)cccc1C(=O)O. The number of aromatic carboxylic acids is 2. The van der Waals surface area contributed by atoms with Crippen molar-refractivity contribution in [3.8, 4) is 17.2 Å². The van der Waals surface area contributed by atoms with E-state index in [0.29, 0.717) is 0 Å². The van der Waals surface area contributed by atoms with Crippen molar-refractivity contribution in [1.29, 1.82) is 0 Å². The average molecular weight is 360 g/mol. The van der Waals surface area contributed by atoms with E-state index >= 15 is 0 Å². The summed E-state index contributed by atoms with van der Waals surface area (Å²) >= 11 is 0. The maximum atomic E-state index is 13.1. The van der Waals surface area contributed by atoms with Crippen molar-refractivity contribution in [2.75, 3.05) is 21.3 Å². The number of carbonyl (C=O) groups excluding carboxylic acids is 1. The molecule has 0 fully saturated rings. The molecule has 0 amide bonds. The molecule has 2 aromatic rings. The van der Waals surface area contributed by atoms with Gasteiger partial charge in [0.05, 0.1) is 38.0 Å². The Labute approximate surface area is 148 Å². The number of carboxylic acids is 2. The first-order chi connectivity index (χ1) is 12.3. The van der Waals surface area contributed by atoms with Gasteiger partial charge in [0.15, 0.2) is 0 Å². The lowest BCUT2D eigenvalue weighted by Gasteiger charge is -2.16. The maximum Gasteiger partial charge on any atom is 0.336 e. The second-order valence-electron chi connectivity index (χ2n) is 5.08. The molecular formula is C18H16O8. The van der Waals surface area contributed by atoms with Crippen molar-refractivity contribution in [3.63, 3.8) is 0 Å². The van der Waals surface area contributed by atoms with Crippen LogP contribution in [0, 0.1) is 0 Å². The molecule has 0 aliphatic rings. The van der Waals surface area contributed by atoms with Crippen LogP contribution in [0.5, 0.6) is 17.2 Å². The van der Waals surface area contributed by atoms with E-state index in [9.17, 15) is 24.6 Å². The molecule has 0 aliphatic carbocycles. The predicted octanol–water partition coefficient (Wildman–Crippen LogP) is 2.34. The first-order valence-corrected chi connectivity index (χ1v) is 7.30. The lowest BCUT2D eigenvalue weighted by atomic mass is 9.95. The topological polar surface area (TPSA) is 119 Å². The van der Waals surface area contributed by atoms with Gasteiger partial charge in [-0.05, 0) is 24.3 Å². The van der Waals surface area contributed by atoms with Gasteiger partial charge in [0.25, 0.3) is 0 Å². The van der Waals surface area contributed by atoms with Crippen molar-refractivity contribution < 1.29 is 38.8 Å². The first kappa shape index (κ1) is 18.8. The molecule has 8 heteroatoms. The van der Waals surface area contributed by atoms with Crippen molar-refractivity contribution in [2.24, 2.45) is 0 Å². The Bertz CT molecular complexity index is 860. The second-order valence-corrected chi connectivity index (χ2v) is 5.08. The van der Waals surface area contributed by atoms with Crippen LogP contribution in [0.1, 0.15) is 36.6 Å². The van der Waals surface area contributed by atoms with Crippen LogP contribution in [0.2, 0.25) is 0 Å². The van der Waals surface area contributed by atoms with Crippen LogP contribution >= 0.6 is 0 Å². The van der Waals surface area contributed by atoms with E-state index in [2.05, 4.69) is 0 Å². The van der Waals surface area contributed by atoms with Gasteiger partial charge in [0.1, 0.15) is 22.8 Å². The summed E-state index contributed by atoms with van der Waals surface area (Å²) in [6.45, 7) is 0. The van der Waals surface area contributed by atoms with Gasteiger partial charge in [0, 0.05) is 0 Å². The number of ketones is 1. The average Bonchev–Trinajstić information content (AvgIpc) is 2.65. The minimum absolute atomic E-state index is 0.0568. The van der Waals surface area contributed by atoms with Crippen LogP contribution < -0.4 is 14.2 Å². The number of hydrogen-bond acceptors (Lipinski definition) is 6. The molecule has 0 bridgehead atoms. The summed E-state index contributed by atoms with van der Waals surface area (Å²) in [6, 6.07) is 6.48. The molecule has 2 rings (SSSR count). The van der Waals surface area contributed by atoms with Gasteiger partial charge in [-0.25, -0.2) is 9.59 Å². The second kappa shape index (κ2) is 7.56.